The summed E-state index contributed by atoms with van der Waals surface area (Å²) in [6.45, 7) is 1.48. The number of benzene rings is 1. The van der Waals surface area contributed by atoms with E-state index < -0.39 is 0 Å². The number of carbonyl (C=O) groups is 1. The number of aryl methyl sites for hydroxylation is 1. The summed E-state index contributed by atoms with van der Waals surface area (Å²) in [5.74, 6) is 1.26. The lowest BCUT2D eigenvalue weighted by Gasteiger charge is -2.32. The third kappa shape index (κ3) is 2.74. The number of rotatable bonds is 2. The van der Waals surface area contributed by atoms with E-state index in [9.17, 15) is 4.79 Å². The maximum Gasteiger partial charge on any atom is 0.253 e. The van der Waals surface area contributed by atoms with Crippen LogP contribution in [0.4, 0.5) is 5.69 Å². The van der Waals surface area contributed by atoms with Crippen molar-refractivity contribution in [3.63, 3.8) is 0 Å². The Kier molecular flexibility index (Phi) is 3.60. The van der Waals surface area contributed by atoms with Crippen molar-refractivity contribution in [3.05, 3.63) is 42.0 Å². The molecule has 1 aliphatic heterocycles. The second-order valence-corrected chi connectivity index (χ2v) is 5.51. The van der Waals surface area contributed by atoms with E-state index in [0.717, 1.165) is 25.2 Å². The molecular formula is C15H19N5O. The first-order valence-corrected chi connectivity index (χ1v) is 7.14. The van der Waals surface area contributed by atoms with Gasteiger partial charge in [-0.15, -0.1) is 10.2 Å². The van der Waals surface area contributed by atoms with Crippen LogP contribution in [0.1, 0.15) is 34.9 Å². The molecule has 1 unspecified atom stereocenters. The Labute approximate surface area is 123 Å². The van der Waals surface area contributed by atoms with Gasteiger partial charge in [0.05, 0.1) is 0 Å². The van der Waals surface area contributed by atoms with Gasteiger partial charge < -0.3 is 15.2 Å². The number of piperidine rings is 1. The fourth-order valence-corrected chi connectivity index (χ4v) is 2.84. The standard InChI is InChI=1S/C15H19N5O/c1-19-10-17-18-14(19)12-3-2-8-20(9-12)15(21)11-4-6-13(16)7-5-11/h4-7,10,12H,2-3,8-9,16H2,1H3. The quantitative estimate of drug-likeness (QED) is 0.846. The van der Waals surface area contributed by atoms with Crippen LogP contribution in [0, 0.1) is 0 Å². The zero-order chi connectivity index (χ0) is 14.8. The van der Waals surface area contributed by atoms with E-state index in [-0.39, 0.29) is 11.8 Å². The third-order valence-electron chi connectivity index (χ3n) is 3.98. The molecule has 1 aromatic carbocycles. The molecule has 6 nitrogen and oxygen atoms in total. The zero-order valence-corrected chi connectivity index (χ0v) is 12.1. The summed E-state index contributed by atoms with van der Waals surface area (Å²) < 4.78 is 1.93. The van der Waals surface area contributed by atoms with Crippen LogP contribution in [-0.4, -0.2) is 38.7 Å². The predicted octanol–water partition coefficient (Wildman–Crippen LogP) is 1.42. The molecule has 6 heteroatoms. The molecule has 1 saturated heterocycles. The number of nitrogen functional groups attached to an aromatic ring is 1. The van der Waals surface area contributed by atoms with Crippen molar-refractivity contribution in [2.75, 3.05) is 18.8 Å². The molecular weight excluding hydrogens is 266 g/mol. The molecule has 1 atom stereocenters. The maximum absolute atomic E-state index is 12.6. The third-order valence-corrected chi connectivity index (χ3v) is 3.98. The molecule has 1 aromatic heterocycles. The number of nitrogens with two attached hydrogens (primary N) is 1. The minimum absolute atomic E-state index is 0.0573. The molecule has 2 heterocycles. The van der Waals surface area contributed by atoms with Gasteiger partial charge in [-0.3, -0.25) is 4.79 Å². The van der Waals surface area contributed by atoms with Gasteiger partial charge >= 0.3 is 0 Å². The SMILES string of the molecule is Cn1cnnc1C1CCCN(C(=O)c2ccc(N)cc2)C1. The average molecular weight is 285 g/mol. The van der Waals surface area contributed by atoms with Gasteiger partial charge in [0.1, 0.15) is 12.2 Å². The molecule has 3 rings (SSSR count). The van der Waals surface area contributed by atoms with Crippen LogP contribution in [0.3, 0.4) is 0 Å². The average Bonchev–Trinajstić information content (AvgIpc) is 2.94. The minimum Gasteiger partial charge on any atom is -0.399 e. The van der Waals surface area contributed by atoms with E-state index in [0.29, 0.717) is 17.8 Å². The van der Waals surface area contributed by atoms with Crippen LogP contribution in [0.25, 0.3) is 0 Å². The molecule has 2 aromatic rings. The Morgan fingerprint density at radius 3 is 2.76 bits per heavy atom. The molecule has 110 valence electrons. The number of likely N-dealkylation sites (tertiary alicyclic amines) is 1. The van der Waals surface area contributed by atoms with Crippen molar-refractivity contribution in [3.8, 4) is 0 Å². The first-order valence-electron chi connectivity index (χ1n) is 7.14. The van der Waals surface area contributed by atoms with Crippen LogP contribution in [0.15, 0.2) is 30.6 Å². The highest BCUT2D eigenvalue weighted by Gasteiger charge is 2.27. The Bertz CT molecular complexity index is 634. The largest absolute Gasteiger partial charge is 0.399 e. The van der Waals surface area contributed by atoms with Crippen molar-refractivity contribution in [2.45, 2.75) is 18.8 Å². The zero-order valence-electron chi connectivity index (χ0n) is 12.1. The van der Waals surface area contributed by atoms with Gasteiger partial charge in [-0.2, -0.15) is 0 Å². The lowest BCUT2D eigenvalue weighted by atomic mass is 9.96. The van der Waals surface area contributed by atoms with Crippen LogP contribution >= 0.6 is 0 Å². The molecule has 0 saturated carbocycles. The van der Waals surface area contributed by atoms with E-state index >= 15 is 0 Å². The van der Waals surface area contributed by atoms with Gasteiger partial charge in [-0.25, -0.2) is 0 Å². The first kappa shape index (κ1) is 13.6. The van der Waals surface area contributed by atoms with Gasteiger partial charge in [0, 0.05) is 37.3 Å². The maximum atomic E-state index is 12.6. The van der Waals surface area contributed by atoms with E-state index in [2.05, 4.69) is 10.2 Å². The number of amides is 1. The molecule has 1 aliphatic rings. The molecule has 0 spiro atoms. The second-order valence-electron chi connectivity index (χ2n) is 5.51. The Hall–Kier alpha value is -2.37. The molecule has 1 amide bonds. The van der Waals surface area contributed by atoms with Gasteiger partial charge in [-0.1, -0.05) is 0 Å². The number of nitrogens with zero attached hydrogens (tertiary/aromatic N) is 4. The van der Waals surface area contributed by atoms with E-state index in [1.807, 2.05) is 16.5 Å². The van der Waals surface area contributed by atoms with Crippen molar-refractivity contribution >= 4 is 11.6 Å². The summed E-state index contributed by atoms with van der Waals surface area (Å²) >= 11 is 0. The molecule has 0 aliphatic carbocycles. The first-order chi connectivity index (χ1) is 10.1. The topological polar surface area (TPSA) is 77.0 Å². The van der Waals surface area contributed by atoms with Crippen LogP contribution in [-0.2, 0) is 7.05 Å². The minimum atomic E-state index is 0.0573. The number of hydrogen-bond donors (Lipinski definition) is 1. The van der Waals surface area contributed by atoms with E-state index in [4.69, 9.17) is 5.73 Å². The van der Waals surface area contributed by atoms with Crippen LogP contribution in [0.5, 0.6) is 0 Å². The van der Waals surface area contributed by atoms with Crippen LogP contribution in [0.2, 0.25) is 0 Å². The second kappa shape index (κ2) is 5.55. The van der Waals surface area contributed by atoms with Crippen molar-refractivity contribution < 1.29 is 4.79 Å². The molecule has 2 N–H and O–H groups in total. The predicted molar refractivity (Wildman–Crippen MR) is 79.7 cm³/mol. The Balaban J connectivity index is 1.75. The smallest absolute Gasteiger partial charge is 0.253 e. The van der Waals surface area contributed by atoms with Crippen molar-refractivity contribution in [1.29, 1.82) is 0 Å². The molecule has 21 heavy (non-hydrogen) atoms. The summed E-state index contributed by atoms with van der Waals surface area (Å²) in [6, 6.07) is 7.09. The Morgan fingerprint density at radius 1 is 1.33 bits per heavy atom. The van der Waals surface area contributed by atoms with Crippen molar-refractivity contribution in [2.24, 2.45) is 7.05 Å². The summed E-state index contributed by atoms with van der Waals surface area (Å²) in [4.78, 5) is 14.5. The normalized spacial score (nSPS) is 18.7. The highest BCUT2D eigenvalue weighted by molar-refractivity contribution is 5.94. The monoisotopic (exact) mass is 285 g/mol. The summed E-state index contributed by atoms with van der Waals surface area (Å²) in [5.41, 5.74) is 7.02. The fraction of sp³-hybridized carbons (Fsp3) is 0.400. The lowest BCUT2D eigenvalue weighted by molar-refractivity contribution is 0.0703. The van der Waals surface area contributed by atoms with Gasteiger partial charge in [-0.05, 0) is 37.1 Å². The number of anilines is 1. The number of aromatic nitrogens is 3. The highest BCUT2D eigenvalue weighted by atomic mass is 16.2. The highest BCUT2D eigenvalue weighted by Crippen LogP contribution is 2.26. The van der Waals surface area contributed by atoms with Gasteiger partial charge in [0.25, 0.3) is 5.91 Å². The Morgan fingerprint density at radius 2 is 2.10 bits per heavy atom. The van der Waals surface area contributed by atoms with E-state index in [1.165, 1.54) is 0 Å². The fourth-order valence-electron chi connectivity index (χ4n) is 2.84. The summed E-state index contributed by atoms with van der Waals surface area (Å²) in [5, 5.41) is 8.11. The summed E-state index contributed by atoms with van der Waals surface area (Å²) in [7, 11) is 1.94. The number of hydrogen-bond acceptors (Lipinski definition) is 4. The lowest BCUT2D eigenvalue weighted by Crippen LogP contribution is -2.39. The van der Waals surface area contributed by atoms with Crippen molar-refractivity contribution in [1.82, 2.24) is 19.7 Å². The molecule has 0 radical (unpaired) electrons. The van der Waals surface area contributed by atoms with Gasteiger partial charge in [0.2, 0.25) is 0 Å². The van der Waals surface area contributed by atoms with E-state index in [1.54, 1.807) is 30.6 Å². The molecule has 0 bridgehead atoms. The molecule has 1 fully saturated rings. The summed E-state index contributed by atoms with van der Waals surface area (Å²) in [6.07, 6.45) is 3.73. The van der Waals surface area contributed by atoms with Crippen LogP contribution < -0.4 is 5.73 Å². The number of carbonyl (C=O) groups excluding carboxylic acids is 1. The van der Waals surface area contributed by atoms with Gasteiger partial charge in [0.15, 0.2) is 0 Å².